The van der Waals surface area contributed by atoms with Crippen molar-refractivity contribution in [2.45, 2.75) is 25.6 Å². The topological polar surface area (TPSA) is 78.2 Å². The van der Waals surface area contributed by atoms with Crippen molar-refractivity contribution in [1.29, 1.82) is 0 Å². The Balaban J connectivity index is 1.37. The summed E-state index contributed by atoms with van der Waals surface area (Å²) in [5, 5.41) is 11.2. The number of nitrogens with zero attached hydrogens (tertiary/aromatic N) is 3. The Morgan fingerprint density at radius 3 is 2.74 bits per heavy atom. The molecule has 0 radical (unpaired) electrons. The molecular weight excluding hydrogens is 434 g/mol. The van der Waals surface area contributed by atoms with Gasteiger partial charge in [-0.1, -0.05) is 23.8 Å². The van der Waals surface area contributed by atoms with Crippen LogP contribution >= 0.6 is 0 Å². The van der Waals surface area contributed by atoms with Gasteiger partial charge >= 0.3 is 0 Å². The van der Waals surface area contributed by atoms with Gasteiger partial charge in [0, 0.05) is 32.0 Å². The smallest absolute Gasteiger partial charge is 0.161 e. The highest BCUT2D eigenvalue weighted by Crippen LogP contribution is 2.29. The first-order chi connectivity index (χ1) is 16.5. The highest BCUT2D eigenvalue weighted by atomic mass is 16.5. The first kappa shape index (κ1) is 24.1. The maximum atomic E-state index is 11.2. The van der Waals surface area contributed by atoms with E-state index in [9.17, 15) is 5.11 Å². The number of hydrogen-bond acceptors (Lipinski definition) is 7. The second-order valence-corrected chi connectivity index (χ2v) is 8.72. The average Bonchev–Trinajstić information content (AvgIpc) is 3.28. The predicted octanol–water partition coefficient (Wildman–Crippen LogP) is 2.92. The summed E-state index contributed by atoms with van der Waals surface area (Å²) >= 11 is 0. The summed E-state index contributed by atoms with van der Waals surface area (Å²) in [5.74, 6) is 2.13. The van der Waals surface area contributed by atoms with E-state index in [2.05, 4.69) is 9.88 Å². The molecule has 0 aliphatic carbocycles. The number of β-amino-alcohol motifs (C(OH)–C–C–N with tert-alkyl or cyclic N) is 1. The molecule has 0 amide bonds. The van der Waals surface area contributed by atoms with E-state index in [1.54, 1.807) is 19.6 Å². The van der Waals surface area contributed by atoms with Crippen molar-refractivity contribution in [3.63, 3.8) is 0 Å². The monoisotopic (exact) mass is 467 g/mol. The minimum atomic E-state index is -1.10. The molecule has 2 aromatic carbocycles. The van der Waals surface area contributed by atoms with Crippen LogP contribution in [0.15, 0.2) is 61.2 Å². The molecule has 182 valence electrons. The average molecular weight is 468 g/mol. The lowest BCUT2D eigenvalue weighted by Gasteiger charge is -2.30. The molecular formula is C26H33N3O5. The van der Waals surface area contributed by atoms with Crippen molar-refractivity contribution in [2.75, 3.05) is 46.6 Å². The molecule has 1 aliphatic heterocycles. The Morgan fingerprint density at radius 2 is 1.97 bits per heavy atom. The zero-order chi connectivity index (χ0) is 23.8. The second kappa shape index (κ2) is 11.4. The van der Waals surface area contributed by atoms with Crippen LogP contribution in [0.1, 0.15) is 11.1 Å². The number of rotatable bonds is 10. The maximum absolute atomic E-state index is 11.2. The number of aromatic nitrogens is 2. The molecule has 0 spiro atoms. The summed E-state index contributed by atoms with van der Waals surface area (Å²) in [7, 11) is 1.64. The fraction of sp³-hybridized carbons (Fsp3) is 0.423. The van der Waals surface area contributed by atoms with E-state index in [1.807, 2.05) is 60.2 Å². The van der Waals surface area contributed by atoms with E-state index in [4.69, 9.17) is 18.9 Å². The summed E-state index contributed by atoms with van der Waals surface area (Å²) < 4.78 is 25.0. The number of methoxy groups -OCH3 is 1. The van der Waals surface area contributed by atoms with E-state index in [0.717, 1.165) is 17.9 Å². The third kappa shape index (κ3) is 6.72. The molecule has 1 aromatic heterocycles. The molecule has 0 unspecified atom stereocenters. The molecule has 0 bridgehead atoms. The van der Waals surface area contributed by atoms with Crippen LogP contribution in [-0.2, 0) is 17.8 Å². The van der Waals surface area contributed by atoms with Crippen LogP contribution in [-0.4, -0.2) is 71.8 Å². The highest BCUT2D eigenvalue weighted by molar-refractivity contribution is 5.43. The van der Waals surface area contributed by atoms with Crippen LogP contribution in [0, 0.1) is 6.92 Å². The van der Waals surface area contributed by atoms with E-state index in [0.29, 0.717) is 44.3 Å². The standard InChI is InChI=1S/C26H33N3O5/c1-21-3-6-23(7-4-21)34-19-26(30)17-29(11-13-32-18-26)16-22-5-8-24(31-2)25(15-22)33-14-12-28-10-9-27-20-28/h3-10,15,20,30H,11-14,16-19H2,1-2H3/t26-/m1/s1. The molecule has 1 aliphatic rings. The van der Waals surface area contributed by atoms with Crippen LogP contribution in [0.25, 0.3) is 0 Å². The lowest BCUT2D eigenvalue weighted by atomic mass is 10.1. The Morgan fingerprint density at radius 1 is 1.12 bits per heavy atom. The number of aliphatic hydroxyl groups is 1. The van der Waals surface area contributed by atoms with Crippen LogP contribution in [0.3, 0.4) is 0 Å². The minimum Gasteiger partial charge on any atom is -0.493 e. The van der Waals surface area contributed by atoms with E-state index >= 15 is 0 Å². The van der Waals surface area contributed by atoms with Crippen LogP contribution < -0.4 is 14.2 Å². The lowest BCUT2D eigenvalue weighted by molar-refractivity contribution is -0.0646. The number of hydrogen-bond donors (Lipinski definition) is 1. The molecule has 3 aromatic rings. The van der Waals surface area contributed by atoms with Crippen molar-refractivity contribution >= 4 is 0 Å². The number of imidazole rings is 1. The fourth-order valence-corrected chi connectivity index (χ4v) is 3.94. The van der Waals surface area contributed by atoms with Crippen molar-refractivity contribution in [1.82, 2.24) is 14.5 Å². The summed E-state index contributed by atoms with van der Waals surface area (Å²) in [6.07, 6.45) is 5.42. The summed E-state index contributed by atoms with van der Waals surface area (Å²) in [5.41, 5.74) is 1.14. The summed E-state index contributed by atoms with van der Waals surface area (Å²) in [6.45, 7) is 6.00. The summed E-state index contributed by atoms with van der Waals surface area (Å²) in [6, 6.07) is 13.8. The van der Waals surface area contributed by atoms with Crippen LogP contribution in [0.4, 0.5) is 0 Å². The number of aryl methyl sites for hydroxylation is 1. The minimum absolute atomic E-state index is 0.164. The van der Waals surface area contributed by atoms with Crippen LogP contribution in [0.5, 0.6) is 17.2 Å². The normalized spacial score (nSPS) is 18.9. The van der Waals surface area contributed by atoms with Crippen molar-refractivity contribution in [3.8, 4) is 17.2 Å². The molecule has 1 N–H and O–H groups in total. The fourth-order valence-electron chi connectivity index (χ4n) is 3.94. The molecule has 1 fully saturated rings. The van der Waals surface area contributed by atoms with Crippen molar-refractivity contribution < 1.29 is 24.1 Å². The molecule has 8 nitrogen and oxygen atoms in total. The number of benzene rings is 2. The van der Waals surface area contributed by atoms with Gasteiger partial charge in [-0.3, -0.25) is 4.90 Å². The highest BCUT2D eigenvalue weighted by Gasteiger charge is 2.33. The Kier molecular flexibility index (Phi) is 8.05. The molecule has 1 saturated heterocycles. The van der Waals surface area contributed by atoms with Gasteiger partial charge in [0.1, 0.15) is 24.6 Å². The van der Waals surface area contributed by atoms with Crippen LogP contribution in [0.2, 0.25) is 0 Å². The molecule has 2 heterocycles. The Hall–Kier alpha value is -3.07. The quantitative estimate of drug-likeness (QED) is 0.491. The van der Waals surface area contributed by atoms with Crippen molar-refractivity contribution in [2.24, 2.45) is 0 Å². The zero-order valence-electron chi connectivity index (χ0n) is 19.9. The largest absolute Gasteiger partial charge is 0.493 e. The molecule has 4 rings (SSSR count). The Bertz CT molecular complexity index is 1030. The third-order valence-electron chi connectivity index (χ3n) is 5.77. The van der Waals surface area contributed by atoms with Gasteiger partial charge in [-0.2, -0.15) is 0 Å². The third-order valence-corrected chi connectivity index (χ3v) is 5.77. The lowest BCUT2D eigenvalue weighted by Crippen LogP contribution is -2.48. The van der Waals surface area contributed by atoms with Gasteiger partial charge in [0.15, 0.2) is 11.5 Å². The SMILES string of the molecule is COc1ccc(CN2CCOC[C@@](O)(COc3ccc(C)cc3)C2)cc1OCCn1ccnc1. The maximum Gasteiger partial charge on any atom is 0.161 e. The number of ether oxygens (including phenoxy) is 4. The second-order valence-electron chi connectivity index (χ2n) is 8.72. The molecule has 0 saturated carbocycles. The van der Waals surface area contributed by atoms with E-state index in [1.165, 1.54) is 5.56 Å². The van der Waals surface area contributed by atoms with Gasteiger partial charge < -0.3 is 28.6 Å². The van der Waals surface area contributed by atoms with Crippen molar-refractivity contribution in [3.05, 3.63) is 72.3 Å². The zero-order valence-corrected chi connectivity index (χ0v) is 19.9. The van der Waals surface area contributed by atoms with Gasteiger partial charge in [-0.25, -0.2) is 4.98 Å². The predicted molar refractivity (Wildman–Crippen MR) is 128 cm³/mol. The van der Waals surface area contributed by atoms with Gasteiger partial charge in [0.05, 0.1) is 33.2 Å². The Labute approximate surface area is 200 Å². The van der Waals surface area contributed by atoms with Gasteiger partial charge in [0.25, 0.3) is 0 Å². The molecule has 8 heteroatoms. The first-order valence-corrected chi connectivity index (χ1v) is 11.5. The first-order valence-electron chi connectivity index (χ1n) is 11.5. The molecule has 1 atom stereocenters. The van der Waals surface area contributed by atoms with Gasteiger partial charge in [-0.15, -0.1) is 0 Å². The van der Waals surface area contributed by atoms with Gasteiger partial charge in [-0.05, 0) is 36.8 Å². The molecule has 34 heavy (non-hydrogen) atoms. The van der Waals surface area contributed by atoms with Gasteiger partial charge in [0.2, 0.25) is 0 Å². The van der Waals surface area contributed by atoms with E-state index < -0.39 is 5.60 Å². The van der Waals surface area contributed by atoms with E-state index in [-0.39, 0.29) is 13.2 Å². The summed E-state index contributed by atoms with van der Waals surface area (Å²) in [4.78, 5) is 6.23.